The number of carbonyl (C=O) groups excluding carboxylic acids is 1. The number of benzene rings is 2. The first-order valence-electron chi connectivity index (χ1n) is 13.2. The van der Waals surface area contributed by atoms with E-state index < -0.39 is 6.17 Å². The molecule has 2 aliphatic heterocycles. The number of alkyl halides is 1. The van der Waals surface area contributed by atoms with Gasteiger partial charge in [0.1, 0.15) is 11.9 Å². The van der Waals surface area contributed by atoms with Gasteiger partial charge in [-0.15, -0.1) is 0 Å². The molecular weight excluding hydrogens is 443 g/mol. The molecule has 5 nitrogen and oxygen atoms in total. The van der Waals surface area contributed by atoms with E-state index in [2.05, 4.69) is 4.90 Å². The lowest BCUT2D eigenvalue weighted by Crippen LogP contribution is -2.39. The summed E-state index contributed by atoms with van der Waals surface area (Å²) in [5, 5.41) is 9.50. The summed E-state index contributed by atoms with van der Waals surface area (Å²) in [4.78, 5) is 16.8. The summed E-state index contributed by atoms with van der Waals surface area (Å²) in [6, 6.07) is 15.7. The fourth-order valence-electron chi connectivity index (χ4n) is 5.24. The highest BCUT2D eigenvalue weighted by Crippen LogP contribution is 2.26. The zero-order chi connectivity index (χ0) is 24.6. The van der Waals surface area contributed by atoms with Gasteiger partial charge in [-0.3, -0.25) is 4.79 Å². The summed E-state index contributed by atoms with van der Waals surface area (Å²) in [5.74, 6) is 1.37. The first-order chi connectivity index (χ1) is 17.1. The smallest absolute Gasteiger partial charge is 0.254 e. The van der Waals surface area contributed by atoms with Crippen LogP contribution in [0.1, 0.15) is 55.8 Å². The number of rotatable bonds is 10. The molecule has 0 aliphatic carbocycles. The van der Waals surface area contributed by atoms with Crippen molar-refractivity contribution < 1.29 is 19.0 Å². The van der Waals surface area contributed by atoms with Crippen molar-refractivity contribution in [1.29, 1.82) is 0 Å². The minimum Gasteiger partial charge on any atom is -0.493 e. The maximum Gasteiger partial charge on any atom is 0.254 e. The molecule has 2 aromatic rings. The Morgan fingerprint density at radius 3 is 2.31 bits per heavy atom. The molecule has 2 aliphatic rings. The van der Waals surface area contributed by atoms with Gasteiger partial charge in [0.2, 0.25) is 0 Å². The Labute approximate surface area is 208 Å². The molecule has 0 bridgehead atoms. The fraction of sp³-hybridized carbons (Fsp3) is 0.552. The number of carbonyl (C=O) groups is 1. The monoisotopic (exact) mass is 482 g/mol. The predicted molar refractivity (Wildman–Crippen MR) is 137 cm³/mol. The molecule has 2 fully saturated rings. The second-order valence-corrected chi connectivity index (χ2v) is 10.0. The number of hydrogen-bond acceptors (Lipinski definition) is 4. The predicted octanol–water partition coefficient (Wildman–Crippen LogP) is 5.18. The van der Waals surface area contributed by atoms with Crippen LogP contribution in [0, 0.1) is 5.92 Å². The molecule has 0 aromatic heterocycles. The molecule has 35 heavy (non-hydrogen) atoms. The number of likely N-dealkylation sites (tertiary alicyclic amines) is 2. The molecule has 1 N–H and O–H groups in total. The summed E-state index contributed by atoms with van der Waals surface area (Å²) in [6.07, 6.45) is 4.78. The maximum atomic E-state index is 13.9. The van der Waals surface area contributed by atoms with Gasteiger partial charge < -0.3 is 19.6 Å². The quantitative estimate of drug-likeness (QED) is 0.507. The van der Waals surface area contributed by atoms with E-state index >= 15 is 0 Å². The second-order valence-electron chi connectivity index (χ2n) is 10.0. The van der Waals surface area contributed by atoms with Gasteiger partial charge in [0.15, 0.2) is 0 Å². The van der Waals surface area contributed by atoms with E-state index in [1.807, 2.05) is 55.5 Å². The Bertz CT molecular complexity index is 926. The van der Waals surface area contributed by atoms with Crippen molar-refractivity contribution in [3.63, 3.8) is 0 Å². The summed E-state index contributed by atoms with van der Waals surface area (Å²) < 4.78 is 19.9. The topological polar surface area (TPSA) is 53.0 Å². The minimum atomic E-state index is -0.702. The number of ether oxygens (including phenoxy) is 1. The van der Waals surface area contributed by atoms with Crippen LogP contribution in [0.25, 0.3) is 11.1 Å². The highest BCUT2D eigenvalue weighted by Gasteiger charge is 2.28. The fourth-order valence-corrected chi connectivity index (χ4v) is 5.24. The summed E-state index contributed by atoms with van der Waals surface area (Å²) in [5.41, 5.74) is 2.79. The summed E-state index contributed by atoms with van der Waals surface area (Å²) in [6.45, 7) is 5.94. The Morgan fingerprint density at radius 2 is 1.69 bits per heavy atom. The molecule has 1 amide bonds. The van der Waals surface area contributed by atoms with E-state index in [0.717, 1.165) is 62.1 Å². The number of nitrogens with zero attached hydrogens (tertiary/aromatic N) is 2. The van der Waals surface area contributed by atoms with Gasteiger partial charge in [-0.1, -0.05) is 37.6 Å². The molecule has 4 rings (SSSR count). The molecule has 2 heterocycles. The van der Waals surface area contributed by atoms with E-state index in [1.54, 1.807) is 4.90 Å². The van der Waals surface area contributed by atoms with Crippen molar-refractivity contribution in [3.05, 3.63) is 54.1 Å². The SMILES string of the molecule is CCCC(F)CN1CCC(COc2ccc(-c3ccc(C(=O)N4CCCC4CO)cc3)cc2)CC1. The lowest BCUT2D eigenvalue weighted by molar-refractivity contribution is 0.0677. The standard InChI is InChI=1S/C29H39FN2O3/c1-2-4-26(30)19-31-17-14-22(15-18-31)21-35-28-12-10-24(11-13-28)23-6-8-25(9-7-23)29(34)32-16-3-5-27(32)20-33/h6-13,22,26-27,33H,2-5,14-21H2,1H3. The highest BCUT2D eigenvalue weighted by molar-refractivity contribution is 5.95. The van der Waals surface area contributed by atoms with Crippen molar-refractivity contribution in [2.24, 2.45) is 5.92 Å². The van der Waals surface area contributed by atoms with Crippen LogP contribution in [0.2, 0.25) is 0 Å². The third kappa shape index (κ3) is 6.83. The van der Waals surface area contributed by atoms with Gasteiger partial charge >= 0.3 is 0 Å². The largest absolute Gasteiger partial charge is 0.493 e. The van der Waals surface area contributed by atoms with Crippen molar-refractivity contribution in [2.75, 3.05) is 39.4 Å². The zero-order valence-corrected chi connectivity index (χ0v) is 20.9. The number of amides is 1. The Morgan fingerprint density at radius 1 is 1.03 bits per heavy atom. The van der Waals surface area contributed by atoms with Gasteiger partial charge in [-0.25, -0.2) is 4.39 Å². The molecule has 2 unspecified atom stereocenters. The molecule has 0 radical (unpaired) electrons. The van der Waals surface area contributed by atoms with E-state index in [0.29, 0.717) is 37.6 Å². The number of piperidine rings is 1. The minimum absolute atomic E-state index is 0.00634. The van der Waals surface area contributed by atoms with Crippen molar-refractivity contribution in [2.45, 2.75) is 57.7 Å². The normalized spacial score (nSPS) is 20.2. The van der Waals surface area contributed by atoms with Gasteiger partial charge in [-0.05, 0) is 86.5 Å². The number of halogens is 1. The van der Waals surface area contributed by atoms with Gasteiger partial charge in [0.05, 0.1) is 19.3 Å². The third-order valence-corrected chi connectivity index (χ3v) is 7.42. The van der Waals surface area contributed by atoms with E-state index in [1.165, 1.54) is 0 Å². The first-order valence-corrected chi connectivity index (χ1v) is 13.2. The van der Waals surface area contributed by atoms with Crippen LogP contribution in [-0.4, -0.2) is 72.4 Å². The van der Waals surface area contributed by atoms with Crippen LogP contribution in [0.4, 0.5) is 4.39 Å². The van der Waals surface area contributed by atoms with Gasteiger partial charge in [0.25, 0.3) is 5.91 Å². The third-order valence-electron chi connectivity index (χ3n) is 7.42. The number of aliphatic hydroxyl groups excluding tert-OH is 1. The lowest BCUT2D eigenvalue weighted by Gasteiger charge is -2.32. The molecule has 0 saturated carbocycles. The van der Waals surface area contributed by atoms with Crippen LogP contribution in [-0.2, 0) is 0 Å². The zero-order valence-electron chi connectivity index (χ0n) is 20.9. The molecule has 2 saturated heterocycles. The first kappa shape index (κ1) is 25.6. The summed E-state index contributed by atoms with van der Waals surface area (Å²) >= 11 is 0. The molecule has 0 spiro atoms. The van der Waals surface area contributed by atoms with E-state index in [9.17, 15) is 14.3 Å². The number of hydrogen-bond donors (Lipinski definition) is 1. The average molecular weight is 483 g/mol. The van der Waals surface area contributed by atoms with Crippen molar-refractivity contribution in [3.8, 4) is 16.9 Å². The summed E-state index contributed by atoms with van der Waals surface area (Å²) in [7, 11) is 0. The molecule has 190 valence electrons. The Balaban J connectivity index is 1.24. The molecule has 2 aromatic carbocycles. The van der Waals surface area contributed by atoms with E-state index in [4.69, 9.17) is 4.74 Å². The molecule has 6 heteroatoms. The van der Waals surface area contributed by atoms with Gasteiger partial charge in [-0.2, -0.15) is 0 Å². The second kappa shape index (κ2) is 12.5. The number of aliphatic hydroxyl groups is 1. The molecular formula is C29H39FN2O3. The van der Waals surface area contributed by atoms with Crippen LogP contribution < -0.4 is 4.74 Å². The Hall–Kier alpha value is -2.44. The van der Waals surface area contributed by atoms with Crippen LogP contribution in [0.3, 0.4) is 0 Å². The van der Waals surface area contributed by atoms with Crippen LogP contribution in [0.5, 0.6) is 5.75 Å². The molecule has 2 atom stereocenters. The van der Waals surface area contributed by atoms with Crippen LogP contribution >= 0.6 is 0 Å². The maximum absolute atomic E-state index is 13.9. The van der Waals surface area contributed by atoms with Crippen LogP contribution in [0.15, 0.2) is 48.5 Å². The van der Waals surface area contributed by atoms with Gasteiger partial charge in [0, 0.05) is 18.7 Å². The lowest BCUT2D eigenvalue weighted by atomic mass is 9.97. The Kier molecular flexibility index (Phi) is 9.16. The van der Waals surface area contributed by atoms with E-state index in [-0.39, 0.29) is 18.6 Å². The highest BCUT2D eigenvalue weighted by atomic mass is 19.1. The average Bonchev–Trinajstić information content (AvgIpc) is 3.37. The van der Waals surface area contributed by atoms with Crippen molar-refractivity contribution in [1.82, 2.24) is 9.80 Å². The van der Waals surface area contributed by atoms with Crippen molar-refractivity contribution >= 4 is 5.91 Å².